The molecule has 170 valence electrons. The highest BCUT2D eigenvalue weighted by atomic mass is 14.5. The first-order chi connectivity index (χ1) is 13.8. The van der Waals surface area contributed by atoms with Gasteiger partial charge in [0.2, 0.25) is 0 Å². The summed E-state index contributed by atoms with van der Waals surface area (Å²) in [6.07, 6.45) is 16.7. The molecule has 2 rings (SSSR count). The molecule has 0 saturated heterocycles. The molecule has 0 heterocycles. The van der Waals surface area contributed by atoms with E-state index in [4.69, 9.17) is 0 Å². The van der Waals surface area contributed by atoms with Crippen molar-refractivity contribution < 1.29 is 0 Å². The Kier molecular flexibility index (Phi) is 10.3. The van der Waals surface area contributed by atoms with Crippen LogP contribution in [0.15, 0.2) is 11.6 Å². The molecule has 4 unspecified atom stereocenters. The van der Waals surface area contributed by atoms with Crippen LogP contribution in [0.5, 0.6) is 0 Å². The minimum Gasteiger partial charge on any atom is -0.0882 e. The lowest BCUT2D eigenvalue weighted by Gasteiger charge is -2.51. The first kappa shape index (κ1) is 25.0. The Morgan fingerprint density at radius 3 is 1.79 bits per heavy atom. The number of allylic oxidation sites excluding steroid dienone is 2. The van der Waals surface area contributed by atoms with Crippen LogP contribution >= 0.6 is 0 Å². The minimum atomic E-state index is 0.858. The second-order valence-corrected chi connectivity index (χ2v) is 11.6. The summed E-state index contributed by atoms with van der Waals surface area (Å²) >= 11 is 0. The second-order valence-electron chi connectivity index (χ2n) is 11.6. The van der Waals surface area contributed by atoms with Crippen molar-refractivity contribution >= 4 is 0 Å². The van der Waals surface area contributed by atoms with E-state index >= 15 is 0 Å². The monoisotopic (exact) mass is 402 g/mol. The summed E-state index contributed by atoms with van der Waals surface area (Å²) in [5, 5.41) is 0. The van der Waals surface area contributed by atoms with Gasteiger partial charge in [-0.15, -0.1) is 0 Å². The van der Waals surface area contributed by atoms with E-state index < -0.39 is 0 Å². The van der Waals surface area contributed by atoms with Crippen LogP contribution in [0.2, 0.25) is 0 Å². The average Bonchev–Trinajstić information content (AvgIpc) is 2.64. The molecule has 0 heteroatoms. The first-order valence-electron chi connectivity index (χ1n) is 13.5. The van der Waals surface area contributed by atoms with E-state index in [2.05, 4.69) is 61.5 Å². The highest BCUT2D eigenvalue weighted by molar-refractivity contribution is 5.08. The van der Waals surface area contributed by atoms with E-state index in [1.807, 2.05) is 0 Å². The van der Waals surface area contributed by atoms with Gasteiger partial charge in [0.25, 0.3) is 0 Å². The lowest BCUT2D eigenvalue weighted by atomic mass is 9.54. The fraction of sp³-hybridized carbons (Fsp3) is 0.931. The topological polar surface area (TPSA) is 0 Å². The van der Waals surface area contributed by atoms with Crippen molar-refractivity contribution in [2.24, 2.45) is 53.3 Å². The van der Waals surface area contributed by atoms with E-state index in [9.17, 15) is 0 Å². The summed E-state index contributed by atoms with van der Waals surface area (Å²) in [5.41, 5.74) is 1.73. The van der Waals surface area contributed by atoms with Gasteiger partial charge in [0.15, 0.2) is 0 Å². The van der Waals surface area contributed by atoms with Gasteiger partial charge in [-0.1, -0.05) is 85.8 Å². The Morgan fingerprint density at radius 1 is 0.828 bits per heavy atom. The molecule has 0 N–H and O–H groups in total. The largest absolute Gasteiger partial charge is 0.0882 e. The van der Waals surface area contributed by atoms with Crippen molar-refractivity contribution in [2.45, 2.75) is 120 Å². The molecule has 0 aliphatic heterocycles. The molecule has 2 aliphatic carbocycles. The van der Waals surface area contributed by atoms with Crippen LogP contribution in [0.3, 0.4) is 0 Å². The molecule has 0 radical (unpaired) electrons. The molecular formula is C29H54. The predicted molar refractivity (Wildman–Crippen MR) is 131 cm³/mol. The summed E-state index contributed by atoms with van der Waals surface area (Å²) in [6, 6.07) is 0. The smallest absolute Gasteiger partial charge is 0.0198 e. The first-order valence-corrected chi connectivity index (χ1v) is 13.5. The number of hydrogen-bond acceptors (Lipinski definition) is 0. The molecule has 0 amide bonds. The van der Waals surface area contributed by atoms with Crippen LogP contribution in [-0.4, -0.2) is 0 Å². The number of rotatable bonds is 9. The van der Waals surface area contributed by atoms with E-state index in [0.717, 1.165) is 53.3 Å². The summed E-state index contributed by atoms with van der Waals surface area (Å²) < 4.78 is 0. The molecule has 0 nitrogen and oxygen atoms in total. The van der Waals surface area contributed by atoms with Gasteiger partial charge in [0.05, 0.1) is 0 Å². The highest BCUT2D eigenvalue weighted by Crippen LogP contribution is 2.53. The molecule has 0 aromatic rings. The SMILES string of the molecule is CC=C(CC)C1C[C@@H](C)C(C2[C@H](C)CC(C[C@@H](C)CCCCC)C[C@@H]2C)[C@@H](C)C1. The van der Waals surface area contributed by atoms with Crippen LogP contribution in [0.4, 0.5) is 0 Å². The van der Waals surface area contributed by atoms with Gasteiger partial charge < -0.3 is 0 Å². The maximum Gasteiger partial charge on any atom is -0.0198 e. The molecule has 2 aliphatic rings. The van der Waals surface area contributed by atoms with E-state index in [1.54, 1.807) is 5.57 Å². The predicted octanol–water partition coefficient (Wildman–Crippen LogP) is 9.55. The Morgan fingerprint density at radius 2 is 1.34 bits per heavy atom. The van der Waals surface area contributed by atoms with Gasteiger partial charge >= 0.3 is 0 Å². The fourth-order valence-corrected chi connectivity index (χ4v) is 8.06. The zero-order chi connectivity index (χ0) is 21.6. The molecule has 0 aromatic heterocycles. The molecule has 0 aromatic carbocycles. The normalized spacial score (nSPS) is 40.1. The van der Waals surface area contributed by atoms with Gasteiger partial charge in [-0.2, -0.15) is 0 Å². The third kappa shape index (κ3) is 6.61. The lowest BCUT2D eigenvalue weighted by Crippen LogP contribution is -2.43. The standard InChI is InChI=1S/C29H54/c1-9-12-13-14-20(4)15-25-16-21(5)28(22(6)17-25)29-23(7)18-27(19-24(29)8)26(10-2)11-3/h10,20-25,27-29H,9,11-19H2,1-8H3/t20-,21-,22+,23-,24+,25?,27?,28?,29?/m0/s1. The molecule has 0 bridgehead atoms. The van der Waals surface area contributed by atoms with Crippen LogP contribution in [0.25, 0.3) is 0 Å². The molecule has 29 heavy (non-hydrogen) atoms. The summed E-state index contributed by atoms with van der Waals surface area (Å²) in [7, 11) is 0. The van der Waals surface area contributed by atoms with Crippen LogP contribution < -0.4 is 0 Å². The molecular weight excluding hydrogens is 348 g/mol. The summed E-state index contributed by atoms with van der Waals surface area (Å²) in [4.78, 5) is 0. The van der Waals surface area contributed by atoms with Gasteiger partial charge in [-0.25, -0.2) is 0 Å². The van der Waals surface area contributed by atoms with Crippen LogP contribution in [0, 0.1) is 53.3 Å². The Balaban J connectivity index is 1.96. The molecule has 2 fully saturated rings. The molecule has 2 saturated carbocycles. The molecule has 9 atom stereocenters. The van der Waals surface area contributed by atoms with E-state index in [-0.39, 0.29) is 0 Å². The molecule has 0 spiro atoms. The van der Waals surface area contributed by atoms with Crippen LogP contribution in [-0.2, 0) is 0 Å². The van der Waals surface area contributed by atoms with E-state index in [1.165, 1.54) is 64.2 Å². The van der Waals surface area contributed by atoms with Crippen molar-refractivity contribution in [1.29, 1.82) is 0 Å². The number of hydrogen-bond donors (Lipinski definition) is 0. The second kappa shape index (κ2) is 12.0. The van der Waals surface area contributed by atoms with Gasteiger partial charge in [-0.05, 0) is 98.7 Å². The third-order valence-corrected chi connectivity index (χ3v) is 9.14. The van der Waals surface area contributed by atoms with Gasteiger partial charge in [0, 0.05) is 0 Å². The lowest BCUT2D eigenvalue weighted by molar-refractivity contribution is -0.00977. The highest BCUT2D eigenvalue weighted by Gasteiger charge is 2.44. The Bertz CT molecular complexity index is 464. The van der Waals surface area contributed by atoms with Gasteiger partial charge in [-0.3, -0.25) is 0 Å². The third-order valence-electron chi connectivity index (χ3n) is 9.14. The van der Waals surface area contributed by atoms with Crippen molar-refractivity contribution in [1.82, 2.24) is 0 Å². The summed E-state index contributed by atoms with van der Waals surface area (Å²) in [6.45, 7) is 19.9. The van der Waals surface area contributed by atoms with Crippen molar-refractivity contribution in [3.05, 3.63) is 11.6 Å². The van der Waals surface area contributed by atoms with Crippen molar-refractivity contribution in [2.75, 3.05) is 0 Å². The average molecular weight is 403 g/mol. The number of unbranched alkanes of at least 4 members (excludes halogenated alkanes) is 2. The maximum atomic E-state index is 2.62. The fourth-order valence-electron chi connectivity index (χ4n) is 8.06. The van der Waals surface area contributed by atoms with Crippen LogP contribution in [0.1, 0.15) is 120 Å². The summed E-state index contributed by atoms with van der Waals surface area (Å²) in [5.74, 6) is 8.33. The Labute approximate surface area is 184 Å². The maximum absolute atomic E-state index is 2.62. The van der Waals surface area contributed by atoms with E-state index in [0.29, 0.717) is 0 Å². The minimum absolute atomic E-state index is 0.858. The zero-order valence-electron chi connectivity index (χ0n) is 21.3. The van der Waals surface area contributed by atoms with Gasteiger partial charge in [0.1, 0.15) is 0 Å². The zero-order valence-corrected chi connectivity index (χ0v) is 21.3. The quantitative estimate of drug-likeness (QED) is 0.266. The Hall–Kier alpha value is -0.260. The van der Waals surface area contributed by atoms with Crippen molar-refractivity contribution in [3.63, 3.8) is 0 Å². The van der Waals surface area contributed by atoms with Crippen molar-refractivity contribution in [3.8, 4) is 0 Å².